The van der Waals surface area contributed by atoms with Gasteiger partial charge in [-0.2, -0.15) is 0 Å². The Balaban J connectivity index is 2.53. The van der Waals surface area contributed by atoms with E-state index in [4.69, 9.17) is 4.74 Å². The fraction of sp³-hybridized carbons (Fsp3) is 1.00. The largest absolute Gasteiger partial charge is 0.381 e. The first-order valence-electron chi connectivity index (χ1n) is 6.72. The molecule has 1 fully saturated rings. The molecule has 0 amide bonds. The van der Waals surface area contributed by atoms with Crippen LogP contribution in [0.25, 0.3) is 0 Å². The third kappa shape index (κ3) is 4.40. The highest BCUT2D eigenvalue weighted by Crippen LogP contribution is 2.17. The summed E-state index contributed by atoms with van der Waals surface area (Å²) in [5, 5.41) is 3.53. The summed E-state index contributed by atoms with van der Waals surface area (Å²) >= 11 is 0. The van der Waals surface area contributed by atoms with E-state index in [9.17, 15) is 0 Å². The molecule has 0 aliphatic carbocycles. The Morgan fingerprint density at radius 2 is 1.88 bits per heavy atom. The maximum absolute atomic E-state index is 5.45. The van der Waals surface area contributed by atoms with E-state index in [1.807, 2.05) is 0 Å². The lowest BCUT2D eigenvalue weighted by atomic mass is 10.0. The minimum absolute atomic E-state index is 0.482. The number of ether oxygens (including phenoxy) is 1. The third-order valence-electron chi connectivity index (χ3n) is 3.23. The fourth-order valence-corrected chi connectivity index (χ4v) is 2.47. The smallest absolute Gasteiger partial charge is 0.0570 e. The van der Waals surface area contributed by atoms with Crippen LogP contribution in [0, 0.1) is 5.92 Å². The minimum Gasteiger partial charge on any atom is -0.381 e. The van der Waals surface area contributed by atoms with Gasteiger partial charge in [-0.3, -0.25) is 4.90 Å². The molecule has 0 spiro atoms. The van der Waals surface area contributed by atoms with Crippen molar-refractivity contribution >= 4 is 0 Å². The second-order valence-electron chi connectivity index (χ2n) is 5.17. The standard InChI is InChI=1S/C13H28N2O/c1-5-14-12(4)15(10-11(2)3)13-6-8-16-9-7-13/h11-14H,5-10H2,1-4H3. The summed E-state index contributed by atoms with van der Waals surface area (Å²) in [5.74, 6) is 0.726. The van der Waals surface area contributed by atoms with E-state index in [0.717, 1.165) is 25.7 Å². The highest BCUT2D eigenvalue weighted by Gasteiger charge is 2.25. The zero-order chi connectivity index (χ0) is 12.0. The van der Waals surface area contributed by atoms with E-state index in [1.54, 1.807) is 0 Å². The van der Waals surface area contributed by atoms with Crippen LogP contribution in [-0.2, 0) is 4.74 Å². The van der Waals surface area contributed by atoms with Crippen molar-refractivity contribution in [3.05, 3.63) is 0 Å². The van der Waals surface area contributed by atoms with Crippen LogP contribution in [0.1, 0.15) is 40.5 Å². The fourth-order valence-electron chi connectivity index (χ4n) is 2.47. The van der Waals surface area contributed by atoms with Crippen molar-refractivity contribution in [2.24, 2.45) is 5.92 Å². The lowest BCUT2D eigenvalue weighted by Crippen LogP contribution is -2.52. The van der Waals surface area contributed by atoms with Crippen LogP contribution >= 0.6 is 0 Å². The van der Waals surface area contributed by atoms with Gasteiger partial charge in [0.25, 0.3) is 0 Å². The molecule has 0 bridgehead atoms. The average Bonchev–Trinajstić information content (AvgIpc) is 2.27. The number of nitrogens with zero attached hydrogens (tertiary/aromatic N) is 1. The molecule has 96 valence electrons. The van der Waals surface area contributed by atoms with Crippen molar-refractivity contribution in [2.45, 2.75) is 52.7 Å². The molecule has 1 unspecified atom stereocenters. The normalized spacial score (nSPS) is 20.6. The second kappa shape index (κ2) is 7.25. The molecule has 1 heterocycles. The lowest BCUT2D eigenvalue weighted by Gasteiger charge is -2.39. The molecule has 0 aromatic heterocycles. The van der Waals surface area contributed by atoms with Crippen LogP contribution in [0.3, 0.4) is 0 Å². The SMILES string of the molecule is CCNC(C)N(CC(C)C)C1CCOCC1. The van der Waals surface area contributed by atoms with E-state index in [0.29, 0.717) is 12.2 Å². The van der Waals surface area contributed by atoms with Gasteiger partial charge in [-0.15, -0.1) is 0 Å². The molecule has 1 atom stereocenters. The summed E-state index contributed by atoms with van der Waals surface area (Å²) in [6, 6.07) is 0.699. The minimum atomic E-state index is 0.482. The van der Waals surface area contributed by atoms with Gasteiger partial charge in [-0.25, -0.2) is 0 Å². The summed E-state index contributed by atoms with van der Waals surface area (Å²) in [4.78, 5) is 2.62. The Kier molecular flexibility index (Phi) is 6.32. The van der Waals surface area contributed by atoms with E-state index in [-0.39, 0.29) is 0 Å². The van der Waals surface area contributed by atoms with E-state index in [2.05, 4.69) is 37.9 Å². The molecule has 1 aliphatic heterocycles. The molecule has 0 aromatic rings. The number of hydrogen-bond donors (Lipinski definition) is 1. The van der Waals surface area contributed by atoms with Gasteiger partial charge in [0.1, 0.15) is 0 Å². The Morgan fingerprint density at radius 3 is 2.38 bits per heavy atom. The summed E-state index contributed by atoms with van der Waals surface area (Å²) in [7, 11) is 0. The third-order valence-corrected chi connectivity index (χ3v) is 3.23. The van der Waals surface area contributed by atoms with Gasteiger partial charge in [-0.05, 0) is 32.2 Å². The molecule has 3 nitrogen and oxygen atoms in total. The molecule has 0 saturated carbocycles. The number of rotatable bonds is 6. The molecule has 1 saturated heterocycles. The highest BCUT2D eigenvalue weighted by molar-refractivity contribution is 4.78. The monoisotopic (exact) mass is 228 g/mol. The Morgan fingerprint density at radius 1 is 1.25 bits per heavy atom. The van der Waals surface area contributed by atoms with Crippen LogP contribution in [0.4, 0.5) is 0 Å². The van der Waals surface area contributed by atoms with Crippen LogP contribution in [0.2, 0.25) is 0 Å². The van der Waals surface area contributed by atoms with Crippen LogP contribution in [0.5, 0.6) is 0 Å². The van der Waals surface area contributed by atoms with Crippen LogP contribution in [0.15, 0.2) is 0 Å². The van der Waals surface area contributed by atoms with Crippen molar-refractivity contribution < 1.29 is 4.74 Å². The molecule has 0 aromatic carbocycles. The van der Waals surface area contributed by atoms with Crippen molar-refractivity contribution in [3.63, 3.8) is 0 Å². The first-order valence-corrected chi connectivity index (χ1v) is 6.72. The zero-order valence-electron chi connectivity index (χ0n) is 11.3. The molecule has 3 heteroatoms. The molecule has 1 rings (SSSR count). The summed E-state index contributed by atoms with van der Waals surface area (Å²) in [5.41, 5.74) is 0. The first-order chi connectivity index (χ1) is 7.65. The zero-order valence-corrected chi connectivity index (χ0v) is 11.3. The van der Waals surface area contributed by atoms with Gasteiger partial charge in [0.15, 0.2) is 0 Å². The van der Waals surface area contributed by atoms with Gasteiger partial charge >= 0.3 is 0 Å². The maximum Gasteiger partial charge on any atom is 0.0570 e. The Bertz CT molecular complexity index is 179. The van der Waals surface area contributed by atoms with Crippen LogP contribution < -0.4 is 5.32 Å². The van der Waals surface area contributed by atoms with Gasteiger partial charge in [0.2, 0.25) is 0 Å². The first kappa shape index (κ1) is 13.9. The van der Waals surface area contributed by atoms with Crippen molar-refractivity contribution in [1.29, 1.82) is 0 Å². The summed E-state index contributed by atoms with van der Waals surface area (Å²) in [6.45, 7) is 13.1. The van der Waals surface area contributed by atoms with Gasteiger partial charge < -0.3 is 10.1 Å². The Hall–Kier alpha value is -0.120. The topological polar surface area (TPSA) is 24.5 Å². The van der Waals surface area contributed by atoms with E-state index < -0.39 is 0 Å². The number of nitrogens with one attached hydrogen (secondary N) is 1. The van der Waals surface area contributed by atoms with E-state index >= 15 is 0 Å². The maximum atomic E-state index is 5.45. The predicted molar refractivity (Wildman–Crippen MR) is 68.5 cm³/mol. The quantitative estimate of drug-likeness (QED) is 0.704. The predicted octanol–water partition coefficient (Wildman–Crippen LogP) is 2.08. The van der Waals surface area contributed by atoms with Crippen molar-refractivity contribution in [1.82, 2.24) is 10.2 Å². The molecular formula is C13H28N2O. The van der Waals surface area contributed by atoms with Crippen molar-refractivity contribution in [2.75, 3.05) is 26.3 Å². The lowest BCUT2D eigenvalue weighted by molar-refractivity contribution is 0.00853. The summed E-state index contributed by atoms with van der Waals surface area (Å²) in [6.07, 6.45) is 2.85. The van der Waals surface area contributed by atoms with Gasteiger partial charge in [-0.1, -0.05) is 20.8 Å². The number of hydrogen-bond acceptors (Lipinski definition) is 3. The van der Waals surface area contributed by atoms with Crippen molar-refractivity contribution in [3.8, 4) is 0 Å². The molecule has 16 heavy (non-hydrogen) atoms. The van der Waals surface area contributed by atoms with Gasteiger partial charge in [0, 0.05) is 25.8 Å². The van der Waals surface area contributed by atoms with Crippen LogP contribution in [-0.4, -0.2) is 43.4 Å². The Labute approximate surface area is 101 Å². The average molecular weight is 228 g/mol. The molecule has 0 radical (unpaired) electrons. The highest BCUT2D eigenvalue weighted by atomic mass is 16.5. The van der Waals surface area contributed by atoms with E-state index in [1.165, 1.54) is 19.4 Å². The molecule has 1 aliphatic rings. The molecule has 1 N–H and O–H groups in total. The van der Waals surface area contributed by atoms with Gasteiger partial charge in [0.05, 0.1) is 6.17 Å². The summed E-state index contributed by atoms with van der Waals surface area (Å²) < 4.78 is 5.45. The second-order valence-corrected chi connectivity index (χ2v) is 5.17. The molecular weight excluding hydrogens is 200 g/mol.